The van der Waals surface area contributed by atoms with Gasteiger partial charge in [-0.25, -0.2) is 0 Å². The lowest BCUT2D eigenvalue weighted by Crippen LogP contribution is -2.02. The van der Waals surface area contributed by atoms with Crippen LogP contribution in [0.5, 0.6) is 0 Å². The molecule has 0 radical (unpaired) electrons. The van der Waals surface area contributed by atoms with Crippen molar-refractivity contribution in [3.8, 4) is 0 Å². The molecule has 1 heterocycles. The van der Waals surface area contributed by atoms with Crippen molar-refractivity contribution in [1.29, 1.82) is 0 Å². The van der Waals surface area contributed by atoms with E-state index >= 15 is 0 Å². The molecule has 0 atom stereocenters. The highest BCUT2D eigenvalue weighted by Gasteiger charge is 2.32. The van der Waals surface area contributed by atoms with Crippen molar-refractivity contribution in [3.63, 3.8) is 0 Å². The summed E-state index contributed by atoms with van der Waals surface area (Å²) in [4.78, 5) is 0. The first kappa shape index (κ1) is 7.60. The highest BCUT2D eigenvalue weighted by atomic mass is 15.3. The minimum Gasteiger partial charge on any atom is -0.266 e. The van der Waals surface area contributed by atoms with Crippen LogP contribution < -0.4 is 0 Å². The van der Waals surface area contributed by atoms with E-state index in [1.165, 1.54) is 31.4 Å². The van der Waals surface area contributed by atoms with Gasteiger partial charge in [0.1, 0.15) is 0 Å². The van der Waals surface area contributed by atoms with E-state index in [0.717, 1.165) is 18.4 Å². The van der Waals surface area contributed by atoms with E-state index in [1.807, 2.05) is 0 Å². The molecule has 0 spiro atoms. The predicted molar refractivity (Wildman–Crippen MR) is 51.9 cm³/mol. The van der Waals surface area contributed by atoms with Gasteiger partial charge in [-0.15, -0.1) is 0 Å². The molecule has 2 nitrogen and oxygen atoms in total. The Balaban J connectivity index is 1.99. The van der Waals surface area contributed by atoms with Gasteiger partial charge in [-0.05, 0) is 43.6 Å². The van der Waals surface area contributed by atoms with E-state index in [2.05, 4.69) is 22.9 Å². The molecule has 0 amide bonds. The Morgan fingerprint density at radius 2 is 2.15 bits per heavy atom. The maximum absolute atomic E-state index is 4.53. The molecule has 2 saturated carbocycles. The first-order valence-corrected chi connectivity index (χ1v) is 5.46. The Morgan fingerprint density at radius 3 is 2.69 bits per heavy atom. The van der Waals surface area contributed by atoms with Gasteiger partial charge in [0.15, 0.2) is 0 Å². The molecule has 0 N–H and O–H groups in total. The monoisotopic (exact) mass is 176 g/mol. The number of nitrogens with zero attached hydrogens (tertiary/aromatic N) is 2. The maximum Gasteiger partial charge on any atom is 0.0527 e. The van der Waals surface area contributed by atoms with E-state index in [0.29, 0.717) is 0 Å². The molecule has 3 rings (SSSR count). The zero-order chi connectivity index (χ0) is 8.84. The number of hydrogen-bond acceptors (Lipinski definition) is 1. The molecule has 0 saturated heterocycles. The first-order valence-electron chi connectivity index (χ1n) is 5.46. The van der Waals surface area contributed by atoms with Crippen LogP contribution in [0, 0.1) is 0 Å². The summed E-state index contributed by atoms with van der Waals surface area (Å²) in [5.41, 5.74) is 3.07. The third kappa shape index (κ3) is 1.19. The van der Waals surface area contributed by atoms with Gasteiger partial charge in [-0.2, -0.15) is 5.10 Å². The van der Waals surface area contributed by atoms with Crippen molar-refractivity contribution in [1.82, 2.24) is 9.78 Å². The van der Waals surface area contributed by atoms with Gasteiger partial charge in [0.25, 0.3) is 0 Å². The fraction of sp³-hybridized carbons (Fsp3) is 0.727. The van der Waals surface area contributed by atoms with Crippen molar-refractivity contribution in [2.45, 2.75) is 51.0 Å². The topological polar surface area (TPSA) is 17.8 Å². The van der Waals surface area contributed by atoms with Crippen molar-refractivity contribution in [2.75, 3.05) is 0 Å². The molecule has 0 aliphatic heterocycles. The van der Waals surface area contributed by atoms with Crippen molar-refractivity contribution in [2.24, 2.45) is 0 Å². The lowest BCUT2D eigenvalue weighted by Gasteiger charge is -2.05. The second-order valence-corrected chi connectivity index (χ2v) is 4.35. The van der Waals surface area contributed by atoms with Gasteiger partial charge >= 0.3 is 0 Å². The molecule has 2 heteroatoms. The molecule has 1 aromatic heterocycles. The SMILES string of the molecule is CCc1c(C2CC2)cnn1C1CC1. The lowest BCUT2D eigenvalue weighted by atomic mass is 10.1. The molecule has 2 aliphatic carbocycles. The summed E-state index contributed by atoms with van der Waals surface area (Å²) in [6.07, 6.45) is 8.75. The third-order valence-corrected chi connectivity index (χ3v) is 3.18. The van der Waals surface area contributed by atoms with Crippen LogP contribution in [0.25, 0.3) is 0 Å². The highest BCUT2D eigenvalue weighted by molar-refractivity contribution is 5.27. The fourth-order valence-corrected chi connectivity index (χ4v) is 2.14. The van der Waals surface area contributed by atoms with Crippen LogP contribution in [-0.4, -0.2) is 9.78 Å². The van der Waals surface area contributed by atoms with Gasteiger partial charge in [0.05, 0.1) is 12.2 Å². The van der Waals surface area contributed by atoms with Gasteiger partial charge < -0.3 is 0 Å². The number of rotatable bonds is 3. The Kier molecular flexibility index (Phi) is 1.52. The summed E-state index contributed by atoms with van der Waals surface area (Å²) in [6, 6.07) is 0.752. The van der Waals surface area contributed by atoms with Gasteiger partial charge in [-0.1, -0.05) is 6.92 Å². The van der Waals surface area contributed by atoms with Crippen molar-refractivity contribution in [3.05, 3.63) is 17.5 Å². The summed E-state index contributed by atoms with van der Waals surface area (Å²) >= 11 is 0. The van der Waals surface area contributed by atoms with Crippen LogP contribution >= 0.6 is 0 Å². The van der Waals surface area contributed by atoms with E-state index in [9.17, 15) is 0 Å². The second kappa shape index (κ2) is 2.60. The average molecular weight is 176 g/mol. The Labute approximate surface area is 78.9 Å². The number of hydrogen-bond donors (Lipinski definition) is 0. The van der Waals surface area contributed by atoms with Gasteiger partial charge in [0.2, 0.25) is 0 Å². The van der Waals surface area contributed by atoms with E-state index in [-0.39, 0.29) is 0 Å². The van der Waals surface area contributed by atoms with Crippen LogP contribution in [0.15, 0.2) is 6.20 Å². The summed E-state index contributed by atoms with van der Waals surface area (Å²) in [5.74, 6) is 0.863. The number of aromatic nitrogens is 2. The van der Waals surface area contributed by atoms with Crippen LogP contribution in [0.2, 0.25) is 0 Å². The Bertz CT molecular complexity index is 289. The molecular weight excluding hydrogens is 160 g/mol. The normalized spacial score (nSPS) is 22.2. The molecular formula is C11H16N2. The molecule has 2 aliphatic rings. The minimum absolute atomic E-state index is 0.752. The lowest BCUT2D eigenvalue weighted by molar-refractivity contribution is 0.607. The van der Waals surface area contributed by atoms with E-state index in [1.54, 1.807) is 5.56 Å². The van der Waals surface area contributed by atoms with Crippen LogP contribution in [0.4, 0.5) is 0 Å². The minimum atomic E-state index is 0.752. The first-order chi connectivity index (χ1) is 6.40. The molecule has 1 aromatic rings. The summed E-state index contributed by atoms with van der Waals surface area (Å²) in [5, 5.41) is 4.53. The predicted octanol–water partition coefficient (Wildman–Crippen LogP) is 2.66. The third-order valence-electron chi connectivity index (χ3n) is 3.18. The largest absolute Gasteiger partial charge is 0.266 e. The standard InChI is InChI=1S/C11H16N2/c1-2-11-10(8-3-4-8)7-12-13(11)9-5-6-9/h7-9H,2-6H2,1H3. The van der Waals surface area contributed by atoms with Crippen LogP contribution in [0.1, 0.15) is 55.8 Å². The molecule has 70 valence electrons. The molecule has 0 aromatic carbocycles. The highest BCUT2D eigenvalue weighted by Crippen LogP contribution is 2.44. The second-order valence-electron chi connectivity index (χ2n) is 4.35. The summed E-state index contributed by atoms with van der Waals surface area (Å²) < 4.78 is 2.29. The summed E-state index contributed by atoms with van der Waals surface area (Å²) in [6.45, 7) is 2.25. The average Bonchev–Trinajstić information content (AvgIpc) is 3.02. The quantitative estimate of drug-likeness (QED) is 0.692. The van der Waals surface area contributed by atoms with Crippen molar-refractivity contribution < 1.29 is 0 Å². The Hall–Kier alpha value is -0.790. The maximum atomic E-state index is 4.53. The van der Waals surface area contributed by atoms with Gasteiger partial charge in [0, 0.05) is 5.69 Å². The van der Waals surface area contributed by atoms with Crippen molar-refractivity contribution >= 4 is 0 Å². The van der Waals surface area contributed by atoms with E-state index < -0.39 is 0 Å². The molecule has 13 heavy (non-hydrogen) atoms. The molecule has 0 unspecified atom stereocenters. The molecule has 2 fully saturated rings. The zero-order valence-corrected chi connectivity index (χ0v) is 8.16. The molecule has 0 bridgehead atoms. The Morgan fingerprint density at radius 1 is 1.38 bits per heavy atom. The van der Waals surface area contributed by atoms with Crippen LogP contribution in [0.3, 0.4) is 0 Å². The van der Waals surface area contributed by atoms with Gasteiger partial charge in [-0.3, -0.25) is 4.68 Å². The summed E-state index contributed by atoms with van der Waals surface area (Å²) in [7, 11) is 0. The van der Waals surface area contributed by atoms with Crippen LogP contribution in [-0.2, 0) is 6.42 Å². The smallest absolute Gasteiger partial charge is 0.0527 e. The zero-order valence-electron chi connectivity index (χ0n) is 8.16. The van der Waals surface area contributed by atoms with E-state index in [4.69, 9.17) is 0 Å². The fourth-order valence-electron chi connectivity index (χ4n) is 2.14.